The van der Waals surface area contributed by atoms with Gasteiger partial charge in [-0.25, -0.2) is 0 Å². The molecule has 2 aliphatic heterocycles. The van der Waals surface area contributed by atoms with E-state index in [1.165, 1.54) is 11.1 Å². The molecule has 0 radical (unpaired) electrons. The number of aromatic nitrogens is 1. The second kappa shape index (κ2) is 14.8. The number of hydrogen-bond acceptors (Lipinski definition) is 5. The maximum absolute atomic E-state index is 15.0. The van der Waals surface area contributed by atoms with Crippen molar-refractivity contribution in [3.8, 4) is 11.4 Å². The van der Waals surface area contributed by atoms with Crippen LogP contribution in [0.5, 0.6) is 5.75 Å². The van der Waals surface area contributed by atoms with Gasteiger partial charge in [-0.3, -0.25) is 19.4 Å². The molecule has 0 bridgehead atoms. The molecule has 3 heterocycles. The van der Waals surface area contributed by atoms with Crippen LogP contribution in [0.1, 0.15) is 31.8 Å². The van der Waals surface area contributed by atoms with Gasteiger partial charge in [-0.1, -0.05) is 70.0 Å². The lowest BCUT2D eigenvalue weighted by Gasteiger charge is -2.41. The van der Waals surface area contributed by atoms with Gasteiger partial charge in [0.15, 0.2) is 0 Å². The van der Waals surface area contributed by atoms with E-state index in [-0.39, 0.29) is 23.6 Å². The maximum atomic E-state index is 15.0. The van der Waals surface area contributed by atoms with E-state index in [4.69, 9.17) is 11.6 Å². The van der Waals surface area contributed by atoms with Crippen LogP contribution in [-0.4, -0.2) is 82.0 Å². The van der Waals surface area contributed by atoms with Crippen molar-refractivity contribution in [3.63, 3.8) is 0 Å². The van der Waals surface area contributed by atoms with Crippen LogP contribution in [0.2, 0.25) is 5.02 Å². The molecule has 10 heteroatoms. The number of anilines is 2. The lowest BCUT2D eigenvalue weighted by Crippen LogP contribution is -2.53. The van der Waals surface area contributed by atoms with E-state index in [0.29, 0.717) is 39.8 Å². The number of carbonyl (C=O) groups excluding carboxylic acids is 2. The topological polar surface area (TPSA) is 72.3 Å². The van der Waals surface area contributed by atoms with Crippen molar-refractivity contribution in [1.82, 2.24) is 19.3 Å². The third-order valence-electron chi connectivity index (χ3n) is 10.5. The number of rotatable bonds is 7. The summed E-state index contributed by atoms with van der Waals surface area (Å²) < 4.78 is 2.78. The van der Waals surface area contributed by atoms with Crippen LogP contribution in [0.3, 0.4) is 0 Å². The summed E-state index contributed by atoms with van der Waals surface area (Å²) in [6.07, 6.45) is 2.63. The number of benzene rings is 5. The van der Waals surface area contributed by atoms with Crippen LogP contribution in [0.4, 0.5) is 11.4 Å². The molecule has 0 saturated carbocycles. The highest BCUT2D eigenvalue weighted by molar-refractivity contribution is 9.10. The fourth-order valence-corrected chi connectivity index (χ4v) is 8.08. The minimum absolute atomic E-state index is 0.00842. The molecule has 0 unspecified atom stereocenters. The van der Waals surface area contributed by atoms with Gasteiger partial charge in [-0.2, -0.15) is 0 Å². The van der Waals surface area contributed by atoms with Crippen LogP contribution in [0, 0.1) is 0 Å². The van der Waals surface area contributed by atoms with Crippen molar-refractivity contribution in [2.24, 2.45) is 0 Å². The number of piperazine rings is 1. The van der Waals surface area contributed by atoms with Gasteiger partial charge >= 0.3 is 0 Å². The first-order valence-electron chi connectivity index (χ1n) is 17.8. The molecule has 1 atom stereocenters. The van der Waals surface area contributed by atoms with Gasteiger partial charge in [0.1, 0.15) is 5.75 Å². The Bertz CT molecular complexity index is 2250. The van der Waals surface area contributed by atoms with Crippen molar-refractivity contribution < 1.29 is 14.7 Å². The average molecular weight is 789 g/mol. The zero-order valence-corrected chi connectivity index (χ0v) is 31.7. The number of aromatic hydroxyl groups is 1. The van der Waals surface area contributed by atoms with E-state index in [0.717, 1.165) is 54.5 Å². The van der Waals surface area contributed by atoms with Gasteiger partial charge in [-0.15, -0.1) is 0 Å². The minimum Gasteiger partial charge on any atom is -0.508 e. The predicted molar refractivity (Wildman–Crippen MR) is 215 cm³/mol. The zero-order chi connectivity index (χ0) is 36.6. The van der Waals surface area contributed by atoms with Crippen LogP contribution < -0.4 is 4.90 Å². The summed E-state index contributed by atoms with van der Waals surface area (Å²) in [5.41, 5.74) is 6.17. The molecule has 1 fully saturated rings. The number of fused-ring (bicyclic) bond motifs is 2. The quantitative estimate of drug-likeness (QED) is 0.176. The number of para-hydroxylation sites is 1. The van der Waals surface area contributed by atoms with Crippen LogP contribution in [0.15, 0.2) is 126 Å². The Labute approximate surface area is 322 Å². The summed E-state index contributed by atoms with van der Waals surface area (Å²) in [5.74, 6) is -0.210. The largest absolute Gasteiger partial charge is 0.508 e. The van der Waals surface area contributed by atoms with Gasteiger partial charge in [-0.05, 0) is 97.4 Å². The van der Waals surface area contributed by atoms with E-state index >= 15 is 0 Å². The summed E-state index contributed by atoms with van der Waals surface area (Å²) >= 11 is 9.93. The lowest BCUT2D eigenvalue weighted by molar-refractivity contribution is 0.0535. The van der Waals surface area contributed by atoms with E-state index in [1.807, 2.05) is 59.3 Å². The third-order valence-corrected chi connectivity index (χ3v) is 11.2. The smallest absolute Gasteiger partial charge is 0.265 e. The van der Waals surface area contributed by atoms with Gasteiger partial charge < -0.3 is 19.5 Å². The molecule has 8 rings (SSSR count). The van der Waals surface area contributed by atoms with E-state index in [2.05, 4.69) is 55.9 Å². The van der Waals surface area contributed by atoms with Crippen molar-refractivity contribution in [1.29, 1.82) is 0 Å². The molecule has 0 aliphatic carbocycles. The van der Waals surface area contributed by atoms with Crippen LogP contribution in [0.25, 0.3) is 16.6 Å². The average Bonchev–Trinajstić information content (AvgIpc) is 3.56. The number of nitrogens with zero attached hydrogens (tertiary/aromatic N) is 5. The normalized spacial score (nSPS) is 16.4. The number of hydrogen-bond donors (Lipinski definition) is 1. The Morgan fingerprint density at radius 1 is 0.811 bits per heavy atom. The Kier molecular flexibility index (Phi) is 9.83. The summed E-state index contributed by atoms with van der Waals surface area (Å²) in [5, 5.41) is 11.4. The molecule has 1 saturated heterocycles. The Morgan fingerprint density at radius 2 is 1.47 bits per heavy atom. The zero-order valence-electron chi connectivity index (χ0n) is 29.3. The molecule has 2 aliphatic rings. The minimum atomic E-state index is -0.268. The summed E-state index contributed by atoms with van der Waals surface area (Å²) in [6.45, 7) is 5.31. The number of carbonyl (C=O) groups is 2. The SMILES string of the molecule is CN1CCN(C[C@@H]2Cc3ccccc3CN2C(=O)c2ccc(Br)cc2-n2cc(C(=O)N(c3ccc(O)cc3)c3ccc(Cl)cc3)c3ccccc32)CC1. The summed E-state index contributed by atoms with van der Waals surface area (Å²) in [4.78, 5) is 38.3. The number of amides is 2. The molecule has 2 amide bonds. The Hall–Kier alpha value is -4.93. The molecular formula is C43H39BrClN5O3. The Balaban J connectivity index is 1.21. The molecule has 53 heavy (non-hydrogen) atoms. The standard InChI is InChI=1S/C43H39BrClN5O3/c1-46-20-22-47(23-21-46)27-35-24-29-6-2-3-7-30(29)26-48(35)42(52)38-19-10-31(44)25-41(38)49-28-39(37-8-4-5-9-40(37)49)43(53)50(33-13-11-32(45)12-14-33)34-15-17-36(51)18-16-34/h2-19,25,28,35,51H,20-24,26-27H2,1H3/t35-/m0/s1. The molecule has 0 spiro atoms. The van der Waals surface area contributed by atoms with Gasteiger partial charge in [0.05, 0.1) is 22.3 Å². The summed E-state index contributed by atoms with van der Waals surface area (Å²) in [7, 11) is 2.16. The van der Waals surface area contributed by atoms with Gasteiger partial charge in [0.25, 0.3) is 11.8 Å². The van der Waals surface area contributed by atoms with Crippen molar-refractivity contribution in [2.75, 3.05) is 44.7 Å². The highest BCUT2D eigenvalue weighted by atomic mass is 79.9. The molecule has 1 N–H and O–H groups in total. The first-order chi connectivity index (χ1) is 25.7. The van der Waals surface area contributed by atoms with Crippen molar-refractivity contribution in [3.05, 3.63) is 153 Å². The first kappa shape index (κ1) is 35.1. The van der Waals surface area contributed by atoms with Crippen LogP contribution in [-0.2, 0) is 13.0 Å². The first-order valence-corrected chi connectivity index (χ1v) is 19.0. The summed E-state index contributed by atoms with van der Waals surface area (Å²) in [6, 6.07) is 35.6. The molecule has 5 aromatic carbocycles. The van der Waals surface area contributed by atoms with Crippen LogP contribution >= 0.6 is 27.5 Å². The van der Waals surface area contributed by atoms with E-state index in [9.17, 15) is 14.7 Å². The predicted octanol–water partition coefficient (Wildman–Crippen LogP) is 8.55. The second-order valence-corrected chi connectivity index (χ2v) is 15.2. The molecule has 6 aromatic rings. The molecule has 268 valence electrons. The number of halogens is 2. The molecular weight excluding hydrogens is 750 g/mol. The Morgan fingerprint density at radius 3 is 2.21 bits per heavy atom. The highest BCUT2D eigenvalue weighted by Crippen LogP contribution is 2.35. The van der Waals surface area contributed by atoms with Crippen molar-refractivity contribution in [2.45, 2.75) is 19.0 Å². The fraction of sp³-hybridized carbons (Fsp3) is 0.209. The maximum Gasteiger partial charge on any atom is 0.265 e. The van der Waals surface area contributed by atoms with E-state index in [1.54, 1.807) is 53.4 Å². The fourth-order valence-electron chi connectivity index (χ4n) is 7.60. The number of phenols is 1. The van der Waals surface area contributed by atoms with E-state index < -0.39 is 0 Å². The second-order valence-electron chi connectivity index (χ2n) is 13.9. The van der Waals surface area contributed by atoms with Crippen molar-refractivity contribution >= 4 is 61.6 Å². The highest BCUT2D eigenvalue weighted by Gasteiger charge is 2.34. The van der Waals surface area contributed by atoms with Gasteiger partial charge in [0.2, 0.25) is 0 Å². The number of likely N-dealkylation sites (N-methyl/N-ethyl adjacent to an activating group) is 1. The lowest BCUT2D eigenvalue weighted by atomic mass is 9.92. The van der Waals surface area contributed by atoms with Gasteiger partial charge in [0, 0.05) is 77.8 Å². The monoisotopic (exact) mass is 787 g/mol. The molecule has 1 aromatic heterocycles. The number of phenolic OH excluding ortho intramolecular Hbond substituents is 1. The third kappa shape index (κ3) is 7.10. The molecule has 8 nitrogen and oxygen atoms in total.